The Morgan fingerprint density at radius 3 is 2.65 bits per heavy atom. The molecule has 1 N–H and O–H groups in total. The van der Waals surface area contributed by atoms with Gasteiger partial charge < -0.3 is 14.8 Å². The van der Waals surface area contributed by atoms with E-state index in [0.717, 1.165) is 23.4 Å². The molecule has 1 amide bonds. The van der Waals surface area contributed by atoms with Gasteiger partial charge in [-0.15, -0.1) is 0 Å². The molecule has 0 spiro atoms. The highest BCUT2D eigenvalue weighted by molar-refractivity contribution is 6.08. The fraction of sp³-hybridized carbons (Fsp3) is 0.292. The molecule has 160 valence electrons. The summed E-state index contributed by atoms with van der Waals surface area (Å²) in [6.45, 7) is 3.95. The minimum Gasteiger partial charge on any atom is -0.493 e. The lowest BCUT2D eigenvalue weighted by atomic mass is 9.85. The lowest BCUT2D eigenvalue weighted by Gasteiger charge is -2.23. The average Bonchev–Trinajstić information content (AvgIpc) is 3.13. The van der Waals surface area contributed by atoms with E-state index in [1.54, 1.807) is 30.0 Å². The summed E-state index contributed by atoms with van der Waals surface area (Å²) in [6, 6.07) is 13.0. The Balaban J connectivity index is 1.79. The Bertz CT molecular complexity index is 1170. The summed E-state index contributed by atoms with van der Waals surface area (Å²) in [5.74, 6) is 0.588. The average molecular weight is 419 g/mol. The van der Waals surface area contributed by atoms with Crippen LogP contribution in [-0.4, -0.2) is 35.7 Å². The lowest BCUT2D eigenvalue weighted by Crippen LogP contribution is -2.28. The predicted octanol–water partition coefficient (Wildman–Crippen LogP) is 4.07. The van der Waals surface area contributed by atoms with Crippen molar-refractivity contribution in [2.24, 2.45) is 0 Å². The number of Topliss-reactive ketones (excluding diaryl/α,β-unsaturated/α-hetero) is 1. The maximum Gasteiger partial charge on any atom is 0.226 e. The van der Waals surface area contributed by atoms with E-state index in [9.17, 15) is 9.59 Å². The molecule has 0 aliphatic carbocycles. The molecule has 31 heavy (non-hydrogen) atoms. The molecule has 2 heterocycles. The molecule has 3 aromatic rings. The summed E-state index contributed by atoms with van der Waals surface area (Å²) >= 11 is 0. The summed E-state index contributed by atoms with van der Waals surface area (Å²) in [7, 11) is 3.07. The Morgan fingerprint density at radius 1 is 1.16 bits per heavy atom. The van der Waals surface area contributed by atoms with Crippen LogP contribution in [-0.2, 0) is 11.2 Å². The molecule has 1 aliphatic rings. The molecule has 1 aliphatic heterocycles. The monoisotopic (exact) mass is 419 g/mol. The van der Waals surface area contributed by atoms with Crippen molar-refractivity contribution in [1.82, 2.24) is 9.78 Å². The summed E-state index contributed by atoms with van der Waals surface area (Å²) < 4.78 is 12.3. The third-order valence-corrected chi connectivity index (χ3v) is 5.65. The quantitative estimate of drug-likeness (QED) is 0.609. The highest BCUT2D eigenvalue weighted by Gasteiger charge is 2.36. The molecule has 0 bridgehead atoms. The maximum atomic E-state index is 13.5. The first-order valence-electron chi connectivity index (χ1n) is 10.2. The second-order valence-corrected chi connectivity index (χ2v) is 7.52. The van der Waals surface area contributed by atoms with Gasteiger partial charge in [0.05, 0.1) is 31.5 Å². The number of aryl methyl sites for hydroxylation is 2. The molecular weight excluding hydrogens is 394 g/mol. The van der Waals surface area contributed by atoms with Crippen LogP contribution in [0.2, 0.25) is 0 Å². The van der Waals surface area contributed by atoms with E-state index in [2.05, 4.69) is 17.3 Å². The van der Waals surface area contributed by atoms with Gasteiger partial charge in [0.2, 0.25) is 5.91 Å². The topological polar surface area (TPSA) is 82.5 Å². The number of nitrogens with zero attached hydrogens (tertiary/aromatic N) is 2. The number of methoxy groups -OCH3 is 2. The van der Waals surface area contributed by atoms with Crippen LogP contribution in [0.1, 0.15) is 46.4 Å². The summed E-state index contributed by atoms with van der Waals surface area (Å²) in [5, 5.41) is 7.59. The first-order valence-corrected chi connectivity index (χ1v) is 10.2. The Kier molecular flexibility index (Phi) is 5.50. The van der Waals surface area contributed by atoms with E-state index in [0.29, 0.717) is 22.9 Å². The van der Waals surface area contributed by atoms with Crippen molar-refractivity contribution in [3.8, 4) is 17.2 Å². The van der Waals surface area contributed by atoms with E-state index in [1.807, 2.05) is 31.2 Å². The van der Waals surface area contributed by atoms with Crippen molar-refractivity contribution in [2.75, 3.05) is 19.5 Å². The van der Waals surface area contributed by atoms with E-state index in [1.165, 1.54) is 12.7 Å². The van der Waals surface area contributed by atoms with Crippen LogP contribution in [0.15, 0.2) is 42.5 Å². The Morgan fingerprint density at radius 2 is 1.94 bits per heavy atom. The molecule has 0 fully saturated rings. The minimum absolute atomic E-state index is 0.0711. The van der Waals surface area contributed by atoms with E-state index in [4.69, 9.17) is 9.47 Å². The van der Waals surface area contributed by atoms with Gasteiger partial charge in [0.15, 0.2) is 17.3 Å². The standard InChI is InChI=1S/C24H25N3O4/c1-5-15-7-6-8-17(11-15)27-24-22(14(2)26-27)18(13-21(28)25-24)23(29)16-9-10-19(30-3)20(12-16)31-4/h6-12,18H,5,13H2,1-4H3,(H,25,28)/t18-/m0/s1. The number of carbonyl (C=O) groups excluding carboxylic acids is 2. The number of aromatic nitrogens is 2. The van der Waals surface area contributed by atoms with Gasteiger partial charge in [-0.3, -0.25) is 9.59 Å². The summed E-state index contributed by atoms with van der Waals surface area (Å²) in [4.78, 5) is 26.0. The van der Waals surface area contributed by atoms with Crippen molar-refractivity contribution < 1.29 is 19.1 Å². The highest BCUT2D eigenvalue weighted by atomic mass is 16.5. The van der Waals surface area contributed by atoms with Gasteiger partial charge in [-0.1, -0.05) is 19.1 Å². The van der Waals surface area contributed by atoms with Gasteiger partial charge in [0, 0.05) is 17.5 Å². The van der Waals surface area contributed by atoms with Gasteiger partial charge in [0.1, 0.15) is 5.82 Å². The first kappa shape index (κ1) is 20.7. The largest absolute Gasteiger partial charge is 0.493 e. The van der Waals surface area contributed by atoms with Crippen molar-refractivity contribution in [2.45, 2.75) is 32.6 Å². The highest BCUT2D eigenvalue weighted by Crippen LogP contribution is 2.39. The molecule has 0 saturated heterocycles. The zero-order chi connectivity index (χ0) is 22.1. The molecule has 7 heteroatoms. The van der Waals surface area contributed by atoms with Crippen LogP contribution >= 0.6 is 0 Å². The zero-order valence-electron chi connectivity index (χ0n) is 18.1. The molecule has 1 aromatic heterocycles. The third kappa shape index (κ3) is 3.67. The number of rotatable bonds is 6. The van der Waals surface area contributed by atoms with Crippen molar-refractivity contribution in [1.29, 1.82) is 0 Å². The van der Waals surface area contributed by atoms with E-state index in [-0.39, 0.29) is 18.1 Å². The number of hydrogen-bond acceptors (Lipinski definition) is 5. The van der Waals surface area contributed by atoms with Crippen molar-refractivity contribution in [3.63, 3.8) is 0 Å². The van der Waals surface area contributed by atoms with Crippen LogP contribution in [0, 0.1) is 6.92 Å². The summed E-state index contributed by atoms with van der Waals surface area (Å²) in [6.07, 6.45) is 0.963. The SMILES string of the molecule is CCc1cccc(-n2nc(C)c3c2NC(=O)C[C@@H]3C(=O)c2ccc(OC)c(OC)c2)c1. The second kappa shape index (κ2) is 8.26. The van der Waals surface area contributed by atoms with Crippen LogP contribution < -0.4 is 14.8 Å². The van der Waals surface area contributed by atoms with Crippen LogP contribution in [0.25, 0.3) is 5.69 Å². The number of benzene rings is 2. The van der Waals surface area contributed by atoms with E-state index < -0.39 is 5.92 Å². The molecule has 1 atom stereocenters. The molecule has 2 aromatic carbocycles. The van der Waals surface area contributed by atoms with Gasteiger partial charge in [0.25, 0.3) is 0 Å². The van der Waals surface area contributed by atoms with Crippen LogP contribution in [0.5, 0.6) is 11.5 Å². The number of fused-ring (bicyclic) bond motifs is 1. The number of anilines is 1. The van der Waals surface area contributed by atoms with Gasteiger partial charge in [-0.05, 0) is 49.2 Å². The number of hydrogen-bond donors (Lipinski definition) is 1. The summed E-state index contributed by atoms with van der Waals surface area (Å²) in [5.41, 5.74) is 3.95. The van der Waals surface area contributed by atoms with E-state index >= 15 is 0 Å². The zero-order valence-corrected chi connectivity index (χ0v) is 18.1. The number of ketones is 1. The fourth-order valence-electron chi connectivity index (χ4n) is 4.06. The second-order valence-electron chi connectivity index (χ2n) is 7.52. The first-order chi connectivity index (χ1) is 15.0. The molecule has 0 saturated carbocycles. The fourth-order valence-corrected chi connectivity index (χ4v) is 4.06. The number of ether oxygens (including phenoxy) is 2. The lowest BCUT2D eigenvalue weighted by molar-refractivity contribution is -0.116. The smallest absolute Gasteiger partial charge is 0.226 e. The molecule has 0 radical (unpaired) electrons. The van der Waals surface area contributed by atoms with Gasteiger partial charge in [-0.25, -0.2) is 4.68 Å². The Hall–Kier alpha value is -3.61. The predicted molar refractivity (Wildman–Crippen MR) is 118 cm³/mol. The van der Waals surface area contributed by atoms with Crippen molar-refractivity contribution in [3.05, 3.63) is 64.8 Å². The molecule has 0 unspecified atom stereocenters. The number of carbonyl (C=O) groups is 2. The number of amides is 1. The third-order valence-electron chi connectivity index (χ3n) is 5.65. The van der Waals surface area contributed by atoms with Gasteiger partial charge in [-0.2, -0.15) is 5.10 Å². The normalized spacial score (nSPS) is 15.2. The molecular formula is C24H25N3O4. The molecule has 4 rings (SSSR count). The Labute approximate surface area is 181 Å². The van der Waals surface area contributed by atoms with Crippen molar-refractivity contribution >= 4 is 17.5 Å². The van der Waals surface area contributed by atoms with Crippen LogP contribution in [0.4, 0.5) is 5.82 Å². The molecule has 7 nitrogen and oxygen atoms in total. The van der Waals surface area contributed by atoms with Gasteiger partial charge >= 0.3 is 0 Å². The number of nitrogens with one attached hydrogen (secondary N) is 1. The van der Waals surface area contributed by atoms with Crippen LogP contribution in [0.3, 0.4) is 0 Å². The maximum absolute atomic E-state index is 13.5. The minimum atomic E-state index is -0.620.